The average Bonchev–Trinajstić information content (AvgIpc) is 2.84. The molecule has 0 aromatic heterocycles. The summed E-state index contributed by atoms with van der Waals surface area (Å²) in [6, 6.07) is 4.51. The van der Waals surface area contributed by atoms with E-state index < -0.39 is 12.6 Å². The Kier molecular flexibility index (Phi) is 2.43. The summed E-state index contributed by atoms with van der Waals surface area (Å²) >= 11 is 0. The second kappa shape index (κ2) is 4.53. The zero-order valence-electron chi connectivity index (χ0n) is 11.0. The zero-order chi connectivity index (χ0) is 13.1. The highest BCUT2D eigenvalue weighted by Crippen LogP contribution is 2.32. The Morgan fingerprint density at radius 1 is 1.62 bits per heavy atom. The number of likely N-dealkylation sites (N-methyl/N-ethyl adjacent to an activating group) is 1. The van der Waals surface area contributed by atoms with E-state index in [0.717, 1.165) is 0 Å². The Morgan fingerprint density at radius 3 is 3.25 bits per heavy atom. The largest absolute Gasteiger partial charge is 0.454 e. The fraction of sp³-hybridized carbons (Fsp3) is 0.417. The molecule has 0 bridgehead atoms. The summed E-state index contributed by atoms with van der Waals surface area (Å²) in [4.78, 5) is 12.1. The third-order valence-electron chi connectivity index (χ3n) is 2.42. The van der Waals surface area contributed by atoms with Crippen LogP contribution in [0.25, 0.3) is 0 Å². The van der Waals surface area contributed by atoms with E-state index in [1.807, 2.05) is 0 Å². The number of ketones is 1. The van der Waals surface area contributed by atoms with Gasteiger partial charge in [0.1, 0.15) is 0 Å². The molecular weight excluding hydrogens is 206 g/mol. The van der Waals surface area contributed by atoms with E-state index >= 15 is 0 Å². The van der Waals surface area contributed by atoms with E-state index in [2.05, 4.69) is 5.32 Å². The smallest absolute Gasteiger partial charge is 0.231 e. The number of benzene rings is 1. The standard InChI is InChI=1S/C12H15NO3/c1-3-13-8(2)12(14)9-4-5-10-11(6-9)16-7-15-10/h4-6,8,13H,3,7H2,1-2H3/i1D,3D. The van der Waals surface area contributed by atoms with Gasteiger partial charge in [-0.25, -0.2) is 0 Å². The molecule has 0 aliphatic carbocycles. The number of nitrogens with one attached hydrogen (secondary N) is 1. The second-order valence-electron chi connectivity index (χ2n) is 3.52. The van der Waals surface area contributed by atoms with Crippen LogP contribution < -0.4 is 14.8 Å². The van der Waals surface area contributed by atoms with Gasteiger partial charge in [0.25, 0.3) is 0 Å². The molecular formula is C12H15NO3. The Labute approximate surface area is 97.4 Å². The van der Waals surface area contributed by atoms with Crippen LogP contribution in [0, 0.1) is 0 Å². The molecule has 1 aromatic carbocycles. The Hall–Kier alpha value is -1.55. The normalized spacial score (nSPS) is 18.6. The van der Waals surface area contributed by atoms with Crippen molar-refractivity contribution in [3.63, 3.8) is 0 Å². The quantitative estimate of drug-likeness (QED) is 0.787. The topological polar surface area (TPSA) is 47.6 Å². The van der Waals surface area contributed by atoms with E-state index in [9.17, 15) is 4.79 Å². The maximum absolute atomic E-state index is 12.1. The minimum absolute atomic E-state index is 0.0846. The number of ether oxygens (including phenoxy) is 2. The van der Waals surface area contributed by atoms with Crippen molar-refractivity contribution < 1.29 is 17.0 Å². The number of hydrogen-bond donors (Lipinski definition) is 1. The third kappa shape index (κ3) is 2.02. The number of rotatable bonds is 4. The van der Waals surface area contributed by atoms with Gasteiger partial charge in [0.05, 0.1) is 6.04 Å². The first-order chi connectivity index (χ1) is 8.61. The molecule has 2 atom stereocenters. The van der Waals surface area contributed by atoms with Crippen molar-refractivity contribution >= 4 is 5.78 Å². The fourth-order valence-electron chi connectivity index (χ4n) is 1.55. The molecule has 1 aliphatic rings. The summed E-state index contributed by atoms with van der Waals surface area (Å²) in [5, 5.41) is 2.75. The molecule has 2 unspecified atom stereocenters. The Bertz CT molecular complexity index is 453. The van der Waals surface area contributed by atoms with E-state index in [1.165, 1.54) is 0 Å². The molecule has 1 aliphatic heterocycles. The van der Waals surface area contributed by atoms with Crippen LogP contribution >= 0.6 is 0 Å². The van der Waals surface area contributed by atoms with Crippen molar-refractivity contribution in [2.24, 2.45) is 0 Å². The van der Waals surface area contributed by atoms with Gasteiger partial charge in [-0.05, 0) is 31.6 Å². The predicted molar refractivity (Wildman–Crippen MR) is 60.0 cm³/mol. The molecule has 0 amide bonds. The highest BCUT2D eigenvalue weighted by Gasteiger charge is 2.19. The summed E-state index contributed by atoms with van der Waals surface area (Å²) in [6.07, 6.45) is 0. The number of carbonyl (C=O) groups is 1. The first kappa shape index (κ1) is 8.58. The van der Waals surface area contributed by atoms with Crippen LogP contribution in [0.3, 0.4) is 0 Å². The summed E-state index contributed by atoms with van der Waals surface area (Å²) in [5.74, 6) is 1.08. The Balaban J connectivity index is 2.09. The van der Waals surface area contributed by atoms with Gasteiger partial charge in [-0.3, -0.25) is 4.79 Å². The van der Waals surface area contributed by atoms with E-state index in [-0.39, 0.29) is 19.5 Å². The molecule has 0 spiro atoms. The lowest BCUT2D eigenvalue weighted by molar-refractivity contribution is 0.0951. The van der Waals surface area contributed by atoms with E-state index in [1.54, 1.807) is 25.1 Å². The van der Waals surface area contributed by atoms with Crippen LogP contribution in [0.5, 0.6) is 11.5 Å². The molecule has 2 rings (SSSR count). The van der Waals surface area contributed by atoms with Crippen LogP contribution in [-0.2, 0) is 0 Å². The number of hydrogen-bond acceptors (Lipinski definition) is 4. The first-order valence-corrected chi connectivity index (χ1v) is 5.03. The minimum atomic E-state index is -0.752. The molecule has 1 heterocycles. The van der Waals surface area contributed by atoms with Crippen LogP contribution in [-0.4, -0.2) is 25.1 Å². The molecule has 0 radical (unpaired) electrons. The van der Waals surface area contributed by atoms with Crippen LogP contribution in [0.1, 0.15) is 26.9 Å². The maximum atomic E-state index is 12.1. The van der Waals surface area contributed by atoms with E-state index in [4.69, 9.17) is 12.2 Å². The second-order valence-corrected chi connectivity index (χ2v) is 3.52. The van der Waals surface area contributed by atoms with Crippen molar-refractivity contribution in [1.82, 2.24) is 5.32 Å². The number of carbonyl (C=O) groups excluding carboxylic acids is 1. The van der Waals surface area contributed by atoms with Crippen LogP contribution in [0.4, 0.5) is 0 Å². The number of fused-ring (bicyclic) bond motifs is 1. The lowest BCUT2D eigenvalue weighted by Crippen LogP contribution is -2.33. The molecule has 1 N–H and O–H groups in total. The molecule has 0 saturated carbocycles. The van der Waals surface area contributed by atoms with Crippen LogP contribution in [0.2, 0.25) is 0 Å². The van der Waals surface area contributed by atoms with Gasteiger partial charge in [-0.15, -0.1) is 0 Å². The van der Waals surface area contributed by atoms with Gasteiger partial charge < -0.3 is 14.8 Å². The third-order valence-corrected chi connectivity index (χ3v) is 2.42. The summed E-state index contributed by atoms with van der Waals surface area (Å²) in [6.45, 7) is 1.02. The average molecular weight is 223 g/mol. The molecule has 4 heteroatoms. The maximum Gasteiger partial charge on any atom is 0.231 e. The summed E-state index contributed by atoms with van der Waals surface area (Å²) < 4.78 is 24.9. The van der Waals surface area contributed by atoms with Gasteiger partial charge in [-0.1, -0.05) is 6.90 Å². The van der Waals surface area contributed by atoms with Gasteiger partial charge >= 0.3 is 0 Å². The zero-order valence-corrected chi connectivity index (χ0v) is 9.03. The van der Waals surface area contributed by atoms with Gasteiger partial charge in [-0.2, -0.15) is 0 Å². The molecule has 0 saturated heterocycles. The highest BCUT2D eigenvalue weighted by molar-refractivity contribution is 6.00. The molecule has 16 heavy (non-hydrogen) atoms. The van der Waals surface area contributed by atoms with Gasteiger partial charge in [0.2, 0.25) is 6.79 Å². The summed E-state index contributed by atoms with van der Waals surface area (Å²) in [7, 11) is 0. The number of Topliss-reactive ketones (excluding diaryl/α,β-unsaturated/α-hetero) is 1. The Morgan fingerprint density at radius 2 is 2.44 bits per heavy atom. The van der Waals surface area contributed by atoms with Crippen molar-refractivity contribution in [3.05, 3.63) is 23.8 Å². The predicted octanol–water partition coefficient (Wildman–Crippen LogP) is 1.60. The highest BCUT2D eigenvalue weighted by atomic mass is 16.7. The molecule has 86 valence electrons. The summed E-state index contributed by atoms with van der Waals surface area (Å²) in [5.41, 5.74) is 0.511. The molecule has 1 aromatic rings. The SMILES string of the molecule is [2H]CC([2H])NC(C)C(=O)c1ccc2c(c1)OCO2. The van der Waals surface area contributed by atoms with Crippen molar-refractivity contribution in [1.29, 1.82) is 0 Å². The lowest BCUT2D eigenvalue weighted by Gasteiger charge is -2.11. The molecule has 4 nitrogen and oxygen atoms in total. The van der Waals surface area contributed by atoms with Crippen molar-refractivity contribution in [3.8, 4) is 11.5 Å². The van der Waals surface area contributed by atoms with Gasteiger partial charge in [0, 0.05) is 8.30 Å². The molecule has 0 fully saturated rings. The minimum Gasteiger partial charge on any atom is -0.454 e. The van der Waals surface area contributed by atoms with Crippen molar-refractivity contribution in [2.45, 2.75) is 19.9 Å². The van der Waals surface area contributed by atoms with Gasteiger partial charge in [0.15, 0.2) is 17.3 Å². The van der Waals surface area contributed by atoms with Crippen LogP contribution in [0.15, 0.2) is 18.2 Å². The first-order valence-electron chi connectivity index (χ1n) is 6.31. The van der Waals surface area contributed by atoms with Crippen molar-refractivity contribution in [2.75, 3.05) is 13.3 Å². The lowest BCUT2D eigenvalue weighted by atomic mass is 10.0. The van der Waals surface area contributed by atoms with E-state index in [0.29, 0.717) is 17.1 Å². The fourth-order valence-corrected chi connectivity index (χ4v) is 1.55. The monoisotopic (exact) mass is 223 g/mol.